The van der Waals surface area contributed by atoms with Gasteiger partial charge in [-0.3, -0.25) is 9.59 Å². The van der Waals surface area contributed by atoms with Crippen molar-refractivity contribution in [2.24, 2.45) is 0 Å². The van der Waals surface area contributed by atoms with Crippen molar-refractivity contribution in [2.45, 2.75) is 31.7 Å². The number of nitrogens with one attached hydrogen (secondary N) is 1. The summed E-state index contributed by atoms with van der Waals surface area (Å²) >= 11 is 0. The Balaban J connectivity index is 0.00000225. The molecule has 2 amide bonds. The van der Waals surface area contributed by atoms with Crippen LogP contribution >= 0.6 is 12.4 Å². The van der Waals surface area contributed by atoms with Gasteiger partial charge in [-0.15, -0.1) is 12.4 Å². The van der Waals surface area contributed by atoms with Crippen LogP contribution in [0.25, 0.3) is 0 Å². The summed E-state index contributed by atoms with van der Waals surface area (Å²) in [5.74, 6) is -0.271. The first-order chi connectivity index (χ1) is 11.6. The topological polar surface area (TPSA) is 52.7 Å². The highest BCUT2D eigenvalue weighted by atomic mass is 35.5. The van der Waals surface area contributed by atoms with Gasteiger partial charge in [0.15, 0.2) is 0 Å². The minimum Gasteiger partial charge on any atom is -0.341 e. The number of benzene rings is 1. The Labute approximate surface area is 154 Å². The average molecular weight is 370 g/mol. The third-order valence-electron chi connectivity index (χ3n) is 4.81. The lowest BCUT2D eigenvalue weighted by molar-refractivity contribution is -0.131. The normalized spacial score (nSPS) is 20.8. The quantitative estimate of drug-likeness (QED) is 0.887. The fourth-order valence-electron chi connectivity index (χ4n) is 3.42. The van der Waals surface area contributed by atoms with E-state index in [4.69, 9.17) is 0 Å². The molecule has 138 valence electrons. The predicted molar refractivity (Wildman–Crippen MR) is 96.4 cm³/mol. The first-order valence-electron chi connectivity index (χ1n) is 8.69. The second-order valence-electron chi connectivity index (χ2n) is 6.53. The molecule has 5 nitrogen and oxygen atoms in total. The molecular weight excluding hydrogens is 345 g/mol. The first kappa shape index (κ1) is 19.7. The number of carbonyl (C=O) groups excluding carboxylic acids is 2. The van der Waals surface area contributed by atoms with Gasteiger partial charge in [0.05, 0.1) is 0 Å². The third-order valence-corrected chi connectivity index (χ3v) is 4.81. The van der Waals surface area contributed by atoms with Crippen LogP contribution in [0.15, 0.2) is 24.3 Å². The van der Waals surface area contributed by atoms with Gasteiger partial charge in [0.1, 0.15) is 5.82 Å². The summed E-state index contributed by atoms with van der Waals surface area (Å²) in [7, 11) is 0. The Hall–Kier alpha value is -1.66. The Kier molecular flexibility index (Phi) is 7.20. The summed E-state index contributed by atoms with van der Waals surface area (Å²) in [6, 6.07) is 5.93. The van der Waals surface area contributed by atoms with E-state index < -0.39 is 0 Å². The van der Waals surface area contributed by atoms with Crippen molar-refractivity contribution in [3.63, 3.8) is 0 Å². The van der Waals surface area contributed by atoms with E-state index in [1.54, 1.807) is 4.90 Å². The van der Waals surface area contributed by atoms with Crippen LogP contribution in [0.2, 0.25) is 0 Å². The van der Waals surface area contributed by atoms with Crippen LogP contribution in [-0.2, 0) is 4.79 Å². The summed E-state index contributed by atoms with van der Waals surface area (Å²) < 4.78 is 13.0. The Morgan fingerprint density at radius 1 is 1.04 bits per heavy atom. The fourth-order valence-corrected chi connectivity index (χ4v) is 3.42. The van der Waals surface area contributed by atoms with Gasteiger partial charge >= 0.3 is 0 Å². The van der Waals surface area contributed by atoms with Gasteiger partial charge in [0.25, 0.3) is 5.91 Å². The van der Waals surface area contributed by atoms with Crippen LogP contribution in [0, 0.1) is 5.82 Å². The first-order valence-corrected chi connectivity index (χ1v) is 8.69. The summed E-state index contributed by atoms with van der Waals surface area (Å²) in [6.07, 6.45) is 3.52. The summed E-state index contributed by atoms with van der Waals surface area (Å²) in [5.41, 5.74) is 0.492. The number of halogens is 2. The molecule has 25 heavy (non-hydrogen) atoms. The van der Waals surface area contributed by atoms with E-state index in [1.165, 1.54) is 24.3 Å². The number of hydrogen-bond acceptors (Lipinski definition) is 3. The minimum absolute atomic E-state index is 0. The van der Waals surface area contributed by atoms with E-state index in [9.17, 15) is 14.0 Å². The molecule has 0 saturated carbocycles. The number of nitrogens with zero attached hydrogens (tertiary/aromatic N) is 2. The molecule has 2 fully saturated rings. The molecule has 0 spiro atoms. The second-order valence-corrected chi connectivity index (χ2v) is 6.53. The van der Waals surface area contributed by atoms with Crippen LogP contribution in [-0.4, -0.2) is 60.4 Å². The fraction of sp³-hybridized carbons (Fsp3) is 0.556. The molecule has 1 aromatic rings. The Morgan fingerprint density at radius 3 is 2.40 bits per heavy atom. The van der Waals surface area contributed by atoms with Crippen LogP contribution in [0.1, 0.15) is 36.0 Å². The van der Waals surface area contributed by atoms with Crippen molar-refractivity contribution < 1.29 is 14.0 Å². The largest absolute Gasteiger partial charge is 0.341 e. The predicted octanol–water partition coefficient (Wildman–Crippen LogP) is 2.06. The molecule has 1 atom stereocenters. The maximum Gasteiger partial charge on any atom is 0.253 e. The summed E-state index contributed by atoms with van der Waals surface area (Å²) in [6.45, 7) is 3.41. The van der Waals surface area contributed by atoms with Gasteiger partial charge in [0, 0.05) is 44.2 Å². The molecule has 0 bridgehead atoms. The second kappa shape index (κ2) is 9.15. The van der Waals surface area contributed by atoms with E-state index in [0.29, 0.717) is 44.2 Å². The molecule has 1 aromatic carbocycles. The van der Waals surface area contributed by atoms with Crippen molar-refractivity contribution in [1.82, 2.24) is 15.1 Å². The van der Waals surface area contributed by atoms with Crippen molar-refractivity contribution >= 4 is 24.2 Å². The smallest absolute Gasteiger partial charge is 0.253 e. The Bertz CT molecular complexity index is 590. The third kappa shape index (κ3) is 5.16. The zero-order chi connectivity index (χ0) is 16.9. The summed E-state index contributed by atoms with van der Waals surface area (Å²) in [4.78, 5) is 28.6. The molecule has 2 aliphatic rings. The molecule has 7 heteroatoms. The van der Waals surface area contributed by atoms with Gasteiger partial charge in [-0.05, 0) is 50.1 Å². The van der Waals surface area contributed by atoms with E-state index in [0.717, 1.165) is 25.8 Å². The highest BCUT2D eigenvalue weighted by molar-refractivity contribution is 5.94. The standard InChI is InChI=1S/C18H24FN3O2.ClH/c19-15-6-4-14(5-7-15)18(24)22-10-2-9-21(11-12-22)17(23)13-16-3-1-8-20-16;/h4-7,16,20H,1-3,8-13H2;1H. The molecule has 2 aliphatic heterocycles. The van der Waals surface area contributed by atoms with Crippen molar-refractivity contribution in [2.75, 3.05) is 32.7 Å². The van der Waals surface area contributed by atoms with Crippen LogP contribution < -0.4 is 5.32 Å². The lowest BCUT2D eigenvalue weighted by atomic mass is 10.1. The van der Waals surface area contributed by atoms with Crippen molar-refractivity contribution in [3.05, 3.63) is 35.6 Å². The maximum atomic E-state index is 13.0. The van der Waals surface area contributed by atoms with E-state index in [2.05, 4.69) is 5.32 Å². The zero-order valence-corrected chi connectivity index (χ0v) is 15.1. The maximum absolute atomic E-state index is 13.0. The molecule has 0 aliphatic carbocycles. The molecule has 1 unspecified atom stereocenters. The van der Waals surface area contributed by atoms with Crippen molar-refractivity contribution in [3.8, 4) is 0 Å². The van der Waals surface area contributed by atoms with Crippen molar-refractivity contribution in [1.29, 1.82) is 0 Å². The van der Waals surface area contributed by atoms with E-state index >= 15 is 0 Å². The van der Waals surface area contributed by atoms with Gasteiger partial charge < -0.3 is 15.1 Å². The molecule has 1 N–H and O–H groups in total. The van der Waals surface area contributed by atoms with Gasteiger partial charge in [-0.2, -0.15) is 0 Å². The highest BCUT2D eigenvalue weighted by Gasteiger charge is 2.25. The van der Waals surface area contributed by atoms with Gasteiger partial charge in [0.2, 0.25) is 5.91 Å². The van der Waals surface area contributed by atoms with E-state index in [-0.39, 0.29) is 30.0 Å². The lowest BCUT2D eigenvalue weighted by Crippen LogP contribution is -2.39. The summed E-state index contributed by atoms with van der Waals surface area (Å²) in [5, 5.41) is 3.35. The van der Waals surface area contributed by atoms with Gasteiger partial charge in [-0.25, -0.2) is 4.39 Å². The number of amides is 2. The minimum atomic E-state index is -0.347. The molecule has 0 aromatic heterocycles. The molecule has 3 rings (SSSR count). The Morgan fingerprint density at radius 2 is 1.72 bits per heavy atom. The van der Waals surface area contributed by atoms with Crippen LogP contribution in [0.3, 0.4) is 0 Å². The van der Waals surface area contributed by atoms with Gasteiger partial charge in [-0.1, -0.05) is 0 Å². The molecule has 2 saturated heterocycles. The zero-order valence-electron chi connectivity index (χ0n) is 14.2. The number of hydrogen-bond donors (Lipinski definition) is 1. The molecular formula is C18H25ClFN3O2. The average Bonchev–Trinajstić information content (AvgIpc) is 2.96. The highest BCUT2D eigenvalue weighted by Crippen LogP contribution is 2.14. The SMILES string of the molecule is Cl.O=C(CC1CCCN1)N1CCCN(C(=O)c2ccc(F)cc2)CC1. The monoisotopic (exact) mass is 369 g/mol. The van der Waals surface area contributed by atoms with Crippen LogP contribution in [0.4, 0.5) is 4.39 Å². The van der Waals surface area contributed by atoms with E-state index in [1.807, 2.05) is 4.90 Å². The molecule has 0 radical (unpaired) electrons. The lowest BCUT2D eigenvalue weighted by Gasteiger charge is -2.23. The number of carbonyl (C=O) groups is 2. The molecule has 2 heterocycles. The van der Waals surface area contributed by atoms with Crippen LogP contribution in [0.5, 0.6) is 0 Å². The number of rotatable bonds is 3.